The first-order valence-electron chi connectivity index (χ1n) is 8.24. The highest BCUT2D eigenvalue weighted by Gasteiger charge is 2.10. The number of benzene rings is 2. The highest BCUT2D eigenvalue weighted by molar-refractivity contribution is 5.80. The van der Waals surface area contributed by atoms with Gasteiger partial charge in [-0.2, -0.15) is 0 Å². The number of rotatable bonds is 8. The molecular formula is C20H23NO5. The summed E-state index contributed by atoms with van der Waals surface area (Å²) in [5.41, 5.74) is 2.89. The molecule has 0 saturated heterocycles. The van der Waals surface area contributed by atoms with E-state index in [9.17, 15) is 9.59 Å². The monoisotopic (exact) mass is 357 g/mol. The van der Waals surface area contributed by atoms with Gasteiger partial charge in [-0.25, -0.2) is 4.79 Å². The van der Waals surface area contributed by atoms with Gasteiger partial charge in [-0.05, 0) is 31.5 Å². The predicted octanol–water partition coefficient (Wildman–Crippen LogP) is 2.55. The van der Waals surface area contributed by atoms with E-state index in [2.05, 4.69) is 5.32 Å². The fourth-order valence-electron chi connectivity index (χ4n) is 2.38. The van der Waals surface area contributed by atoms with Gasteiger partial charge in [0, 0.05) is 12.1 Å². The van der Waals surface area contributed by atoms with Crippen molar-refractivity contribution in [1.29, 1.82) is 0 Å². The van der Waals surface area contributed by atoms with Crippen molar-refractivity contribution in [3.63, 3.8) is 0 Å². The van der Waals surface area contributed by atoms with Crippen LogP contribution in [0.1, 0.15) is 16.7 Å². The zero-order valence-electron chi connectivity index (χ0n) is 15.2. The second kappa shape index (κ2) is 9.46. The second-order valence-electron chi connectivity index (χ2n) is 5.81. The minimum Gasteiger partial charge on any atom is -0.496 e. The number of carbonyl (C=O) groups is 2. The van der Waals surface area contributed by atoms with Crippen LogP contribution >= 0.6 is 0 Å². The molecule has 0 fully saturated rings. The number of amides is 1. The maximum Gasteiger partial charge on any atom is 0.344 e. The van der Waals surface area contributed by atoms with Crippen molar-refractivity contribution in [2.45, 2.75) is 20.4 Å². The lowest BCUT2D eigenvalue weighted by Gasteiger charge is -2.11. The number of hydrogen-bond acceptors (Lipinski definition) is 5. The summed E-state index contributed by atoms with van der Waals surface area (Å²) in [5.74, 6) is 0.313. The Morgan fingerprint density at radius 2 is 1.77 bits per heavy atom. The Labute approximate surface area is 153 Å². The molecule has 1 amide bonds. The van der Waals surface area contributed by atoms with E-state index >= 15 is 0 Å². The summed E-state index contributed by atoms with van der Waals surface area (Å²) in [7, 11) is 1.57. The zero-order valence-corrected chi connectivity index (χ0v) is 15.2. The van der Waals surface area contributed by atoms with Gasteiger partial charge in [0.05, 0.1) is 7.11 Å². The molecule has 6 heteroatoms. The number of para-hydroxylation sites is 1. The van der Waals surface area contributed by atoms with Crippen LogP contribution in [0.25, 0.3) is 0 Å². The maximum atomic E-state index is 11.8. The van der Waals surface area contributed by atoms with Gasteiger partial charge >= 0.3 is 5.97 Å². The zero-order chi connectivity index (χ0) is 18.9. The molecule has 0 aliphatic rings. The average Bonchev–Trinajstić information content (AvgIpc) is 2.64. The number of esters is 1. The Morgan fingerprint density at radius 1 is 1.00 bits per heavy atom. The molecule has 0 heterocycles. The van der Waals surface area contributed by atoms with Crippen LogP contribution in [0.4, 0.5) is 0 Å². The normalized spacial score (nSPS) is 10.1. The minimum absolute atomic E-state index is 0.246. The summed E-state index contributed by atoms with van der Waals surface area (Å²) < 4.78 is 15.6. The second-order valence-corrected chi connectivity index (χ2v) is 5.81. The Kier molecular flexibility index (Phi) is 7.02. The molecule has 0 aliphatic heterocycles. The Hall–Kier alpha value is -3.02. The lowest BCUT2D eigenvalue weighted by molar-refractivity contribution is -0.150. The SMILES string of the molecule is COc1ccccc1CNC(=O)COC(=O)COc1ccc(C)cc1C. The largest absolute Gasteiger partial charge is 0.496 e. The molecule has 0 bridgehead atoms. The molecule has 26 heavy (non-hydrogen) atoms. The molecule has 1 N–H and O–H groups in total. The van der Waals surface area contributed by atoms with Gasteiger partial charge in [0.2, 0.25) is 0 Å². The third-order valence-electron chi connectivity index (χ3n) is 3.71. The molecule has 0 saturated carbocycles. The van der Waals surface area contributed by atoms with Crippen LogP contribution in [0.2, 0.25) is 0 Å². The van der Waals surface area contributed by atoms with Crippen LogP contribution in [0.3, 0.4) is 0 Å². The fraction of sp³-hybridized carbons (Fsp3) is 0.300. The fourth-order valence-corrected chi connectivity index (χ4v) is 2.38. The molecule has 2 aromatic rings. The first kappa shape index (κ1) is 19.3. The van der Waals surface area contributed by atoms with Crippen molar-refractivity contribution in [2.24, 2.45) is 0 Å². The van der Waals surface area contributed by atoms with Crippen LogP contribution in [-0.4, -0.2) is 32.2 Å². The quantitative estimate of drug-likeness (QED) is 0.735. The first-order chi connectivity index (χ1) is 12.5. The van der Waals surface area contributed by atoms with Gasteiger partial charge in [0.1, 0.15) is 11.5 Å². The maximum absolute atomic E-state index is 11.8. The molecule has 0 aliphatic carbocycles. The van der Waals surface area contributed by atoms with Crippen LogP contribution in [0.5, 0.6) is 11.5 Å². The van der Waals surface area contributed by atoms with Crippen molar-refractivity contribution in [2.75, 3.05) is 20.3 Å². The Balaban J connectivity index is 1.72. The highest BCUT2D eigenvalue weighted by Crippen LogP contribution is 2.18. The van der Waals surface area contributed by atoms with Gasteiger partial charge in [0.15, 0.2) is 13.2 Å². The van der Waals surface area contributed by atoms with Crippen molar-refractivity contribution in [1.82, 2.24) is 5.32 Å². The van der Waals surface area contributed by atoms with Gasteiger partial charge in [-0.3, -0.25) is 4.79 Å². The summed E-state index contributed by atoms with van der Waals surface area (Å²) in [6.07, 6.45) is 0. The van der Waals surface area contributed by atoms with Crippen LogP contribution in [0.15, 0.2) is 42.5 Å². The van der Waals surface area contributed by atoms with Crippen molar-refractivity contribution >= 4 is 11.9 Å². The van der Waals surface area contributed by atoms with E-state index in [-0.39, 0.29) is 13.2 Å². The van der Waals surface area contributed by atoms with E-state index < -0.39 is 11.9 Å². The molecule has 0 spiro atoms. The van der Waals surface area contributed by atoms with Crippen molar-refractivity contribution in [3.05, 3.63) is 59.2 Å². The summed E-state index contributed by atoms with van der Waals surface area (Å²) in [6, 6.07) is 13.0. The number of carbonyl (C=O) groups excluding carboxylic acids is 2. The first-order valence-corrected chi connectivity index (χ1v) is 8.24. The molecule has 0 radical (unpaired) electrons. The van der Waals surface area contributed by atoms with Crippen molar-refractivity contribution in [3.8, 4) is 11.5 Å². The Bertz CT molecular complexity index is 773. The number of ether oxygens (including phenoxy) is 3. The average molecular weight is 357 g/mol. The van der Waals surface area contributed by atoms with Gasteiger partial charge < -0.3 is 19.5 Å². The summed E-state index contributed by atoms with van der Waals surface area (Å²) in [6.45, 7) is 3.57. The van der Waals surface area contributed by atoms with E-state index in [0.717, 1.165) is 16.7 Å². The van der Waals surface area contributed by atoms with E-state index in [1.165, 1.54) is 0 Å². The number of hydrogen-bond donors (Lipinski definition) is 1. The Morgan fingerprint density at radius 3 is 2.50 bits per heavy atom. The molecule has 0 atom stereocenters. The third kappa shape index (κ3) is 5.81. The van der Waals surface area contributed by atoms with E-state index in [4.69, 9.17) is 14.2 Å². The molecule has 138 valence electrons. The highest BCUT2D eigenvalue weighted by atomic mass is 16.6. The standard InChI is InChI=1S/C20H23NO5/c1-14-8-9-17(15(2)10-14)25-13-20(23)26-12-19(22)21-11-16-6-4-5-7-18(16)24-3/h4-10H,11-13H2,1-3H3,(H,21,22). The lowest BCUT2D eigenvalue weighted by Crippen LogP contribution is -2.29. The molecule has 2 aromatic carbocycles. The summed E-state index contributed by atoms with van der Waals surface area (Å²) in [5, 5.41) is 2.68. The number of aryl methyl sites for hydroxylation is 2. The van der Waals surface area contributed by atoms with Gasteiger partial charge in [-0.1, -0.05) is 35.9 Å². The predicted molar refractivity (Wildman–Crippen MR) is 97.2 cm³/mol. The van der Waals surface area contributed by atoms with Crippen LogP contribution < -0.4 is 14.8 Å². The third-order valence-corrected chi connectivity index (χ3v) is 3.71. The van der Waals surface area contributed by atoms with Crippen LogP contribution in [-0.2, 0) is 20.9 Å². The molecule has 0 unspecified atom stereocenters. The van der Waals surface area contributed by atoms with E-state index in [0.29, 0.717) is 18.0 Å². The summed E-state index contributed by atoms with van der Waals surface area (Å²) >= 11 is 0. The smallest absolute Gasteiger partial charge is 0.344 e. The molecular weight excluding hydrogens is 334 g/mol. The topological polar surface area (TPSA) is 73.9 Å². The van der Waals surface area contributed by atoms with Gasteiger partial charge in [-0.15, -0.1) is 0 Å². The molecule has 2 rings (SSSR count). The van der Waals surface area contributed by atoms with Gasteiger partial charge in [0.25, 0.3) is 5.91 Å². The number of methoxy groups -OCH3 is 1. The molecule has 6 nitrogen and oxygen atoms in total. The molecule has 0 aromatic heterocycles. The van der Waals surface area contributed by atoms with Crippen LogP contribution in [0, 0.1) is 13.8 Å². The van der Waals surface area contributed by atoms with E-state index in [1.54, 1.807) is 13.2 Å². The summed E-state index contributed by atoms with van der Waals surface area (Å²) in [4.78, 5) is 23.5. The lowest BCUT2D eigenvalue weighted by atomic mass is 10.1. The number of nitrogens with one attached hydrogen (secondary N) is 1. The minimum atomic E-state index is -0.600. The van der Waals surface area contributed by atoms with E-state index in [1.807, 2.05) is 50.2 Å². The van der Waals surface area contributed by atoms with Crippen molar-refractivity contribution < 1.29 is 23.8 Å².